The van der Waals surface area contributed by atoms with Crippen LogP contribution in [0.25, 0.3) is 0 Å². The summed E-state index contributed by atoms with van der Waals surface area (Å²) in [5, 5.41) is 10.2. The quantitative estimate of drug-likeness (QED) is 0.905. The first-order valence-electron chi connectivity index (χ1n) is 7.55. The molecule has 5 nitrogen and oxygen atoms in total. The summed E-state index contributed by atoms with van der Waals surface area (Å²) in [5.41, 5.74) is 2.45. The molecule has 0 radical (unpaired) electrons. The lowest BCUT2D eigenvalue weighted by atomic mass is 9.90. The molecule has 0 saturated carbocycles. The molecule has 0 unspecified atom stereocenters. The summed E-state index contributed by atoms with van der Waals surface area (Å²) < 4.78 is 12.2. The summed E-state index contributed by atoms with van der Waals surface area (Å²) in [5.74, 6) is 0. The average Bonchev–Trinajstić information content (AvgIpc) is 3.04. The summed E-state index contributed by atoms with van der Waals surface area (Å²) in [4.78, 5) is 0. The maximum absolute atomic E-state index is 6.09. The minimum Gasteiger partial charge on any atom is -0.379 e. The van der Waals surface area contributed by atoms with E-state index in [1.807, 2.05) is 24.3 Å². The minimum absolute atomic E-state index is 0.322. The number of hydrogen-bond donors (Lipinski definition) is 2. The third kappa shape index (κ3) is 2.87. The minimum atomic E-state index is -0.334. The summed E-state index contributed by atoms with van der Waals surface area (Å²) >= 11 is 0. The summed E-state index contributed by atoms with van der Waals surface area (Å²) in [6.45, 7) is 8.95. The second-order valence-corrected chi connectivity index (χ2v) is 6.65. The Labute approximate surface area is 131 Å². The Hall–Kier alpha value is -1.85. The van der Waals surface area contributed by atoms with Crippen LogP contribution in [0.15, 0.2) is 36.5 Å². The predicted octanol–water partition coefficient (Wildman–Crippen LogP) is 3.62. The van der Waals surface area contributed by atoms with Gasteiger partial charge in [-0.2, -0.15) is 5.10 Å². The van der Waals surface area contributed by atoms with Gasteiger partial charge in [0.15, 0.2) is 6.29 Å². The fourth-order valence-corrected chi connectivity index (χ4v) is 2.35. The zero-order valence-corrected chi connectivity index (χ0v) is 13.5. The van der Waals surface area contributed by atoms with E-state index >= 15 is 0 Å². The zero-order chi connectivity index (χ0) is 15.8. The molecule has 1 aliphatic rings. The molecule has 1 aromatic heterocycles. The van der Waals surface area contributed by atoms with E-state index in [-0.39, 0.29) is 17.5 Å². The number of nitrogens with zero attached hydrogens (tertiary/aromatic N) is 1. The van der Waals surface area contributed by atoms with Gasteiger partial charge in [0.1, 0.15) is 0 Å². The van der Waals surface area contributed by atoms with Crippen LogP contribution in [-0.4, -0.2) is 21.4 Å². The van der Waals surface area contributed by atoms with Crippen LogP contribution in [-0.2, 0) is 16.0 Å². The molecular formula is C17H23N3O2. The van der Waals surface area contributed by atoms with E-state index in [2.05, 4.69) is 49.3 Å². The molecule has 0 bridgehead atoms. The second kappa shape index (κ2) is 5.41. The highest BCUT2D eigenvalue weighted by atomic mass is 16.7. The van der Waals surface area contributed by atoms with Crippen molar-refractivity contribution in [1.29, 1.82) is 0 Å². The molecule has 1 aliphatic heterocycles. The smallest absolute Gasteiger partial charge is 0.185 e. The van der Waals surface area contributed by atoms with Crippen molar-refractivity contribution in [3.8, 4) is 0 Å². The molecule has 118 valence electrons. The van der Waals surface area contributed by atoms with Crippen molar-refractivity contribution in [2.75, 3.05) is 5.32 Å². The predicted molar refractivity (Wildman–Crippen MR) is 85.4 cm³/mol. The monoisotopic (exact) mass is 301 g/mol. The van der Waals surface area contributed by atoms with Gasteiger partial charge in [-0.15, -0.1) is 0 Å². The SMILES string of the molecule is CC1(C)OC(c2cccc(NCc3ccn[nH]3)c2)OC1(C)C. The van der Waals surface area contributed by atoms with Crippen molar-refractivity contribution in [2.24, 2.45) is 0 Å². The van der Waals surface area contributed by atoms with Crippen LogP contribution < -0.4 is 5.32 Å². The number of aromatic amines is 1. The Morgan fingerprint density at radius 3 is 2.50 bits per heavy atom. The number of nitrogens with one attached hydrogen (secondary N) is 2. The molecule has 0 atom stereocenters. The highest BCUT2D eigenvalue weighted by Gasteiger charge is 2.49. The molecule has 0 aliphatic carbocycles. The molecule has 1 saturated heterocycles. The first-order chi connectivity index (χ1) is 10.4. The number of aromatic nitrogens is 2. The molecule has 2 N–H and O–H groups in total. The van der Waals surface area contributed by atoms with Crippen molar-refractivity contribution in [1.82, 2.24) is 10.2 Å². The van der Waals surface area contributed by atoms with Gasteiger partial charge in [0.2, 0.25) is 0 Å². The first-order valence-corrected chi connectivity index (χ1v) is 7.55. The molecule has 5 heteroatoms. The lowest BCUT2D eigenvalue weighted by Crippen LogP contribution is -2.41. The number of rotatable bonds is 4. The van der Waals surface area contributed by atoms with Gasteiger partial charge < -0.3 is 14.8 Å². The number of benzene rings is 1. The van der Waals surface area contributed by atoms with E-state index in [1.54, 1.807) is 6.20 Å². The maximum Gasteiger partial charge on any atom is 0.185 e. The van der Waals surface area contributed by atoms with E-state index in [0.717, 1.165) is 16.9 Å². The largest absolute Gasteiger partial charge is 0.379 e. The molecule has 1 fully saturated rings. The van der Waals surface area contributed by atoms with Gasteiger partial charge in [0, 0.05) is 17.4 Å². The van der Waals surface area contributed by atoms with Crippen molar-refractivity contribution in [3.63, 3.8) is 0 Å². The van der Waals surface area contributed by atoms with Crippen LogP contribution in [0.4, 0.5) is 5.69 Å². The zero-order valence-electron chi connectivity index (χ0n) is 13.5. The maximum atomic E-state index is 6.09. The van der Waals surface area contributed by atoms with E-state index in [1.165, 1.54) is 0 Å². The molecule has 3 rings (SSSR count). The number of anilines is 1. The fraction of sp³-hybridized carbons (Fsp3) is 0.471. The van der Waals surface area contributed by atoms with E-state index < -0.39 is 0 Å². The Morgan fingerprint density at radius 1 is 1.14 bits per heavy atom. The van der Waals surface area contributed by atoms with Crippen molar-refractivity contribution in [3.05, 3.63) is 47.8 Å². The fourth-order valence-electron chi connectivity index (χ4n) is 2.35. The average molecular weight is 301 g/mol. The third-order valence-electron chi connectivity index (χ3n) is 4.45. The Balaban J connectivity index is 1.72. The van der Waals surface area contributed by atoms with Gasteiger partial charge in [-0.25, -0.2) is 0 Å². The molecular weight excluding hydrogens is 278 g/mol. The van der Waals surface area contributed by atoms with Gasteiger partial charge in [-0.1, -0.05) is 12.1 Å². The van der Waals surface area contributed by atoms with Gasteiger partial charge in [-0.3, -0.25) is 5.10 Å². The van der Waals surface area contributed by atoms with Gasteiger partial charge >= 0.3 is 0 Å². The van der Waals surface area contributed by atoms with Crippen LogP contribution in [0.5, 0.6) is 0 Å². The molecule has 0 amide bonds. The van der Waals surface area contributed by atoms with Gasteiger partial charge in [0.25, 0.3) is 0 Å². The van der Waals surface area contributed by atoms with Crippen molar-refractivity contribution in [2.45, 2.75) is 51.7 Å². The van der Waals surface area contributed by atoms with E-state index in [4.69, 9.17) is 9.47 Å². The normalized spacial score (nSPS) is 20.2. The summed E-state index contributed by atoms with van der Waals surface area (Å²) in [6.07, 6.45) is 1.41. The Kier molecular flexibility index (Phi) is 3.70. The summed E-state index contributed by atoms with van der Waals surface area (Å²) in [6, 6.07) is 10.1. The molecule has 2 heterocycles. The van der Waals surface area contributed by atoms with Crippen molar-refractivity contribution < 1.29 is 9.47 Å². The lowest BCUT2D eigenvalue weighted by Gasteiger charge is -2.30. The Bertz CT molecular complexity index is 619. The summed E-state index contributed by atoms with van der Waals surface area (Å²) in [7, 11) is 0. The van der Waals surface area contributed by atoms with Crippen LogP contribution in [0.2, 0.25) is 0 Å². The first kappa shape index (κ1) is 15.1. The van der Waals surface area contributed by atoms with Crippen LogP contribution >= 0.6 is 0 Å². The standard InChI is InChI=1S/C17H23N3O2/c1-16(2)17(3,4)22-15(21-16)12-6-5-7-13(10-12)18-11-14-8-9-19-20-14/h5-10,15,18H,11H2,1-4H3,(H,19,20). The van der Waals surface area contributed by atoms with Gasteiger partial charge in [-0.05, 0) is 45.9 Å². The van der Waals surface area contributed by atoms with Gasteiger partial charge in [0.05, 0.1) is 23.4 Å². The molecule has 0 spiro atoms. The van der Waals surface area contributed by atoms with E-state index in [9.17, 15) is 0 Å². The Morgan fingerprint density at radius 2 is 1.86 bits per heavy atom. The van der Waals surface area contributed by atoms with Crippen LogP contribution in [0.3, 0.4) is 0 Å². The highest BCUT2D eigenvalue weighted by Crippen LogP contribution is 2.44. The number of hydrogen-bond acceptors (Lipinski definition) is 4. The van der Waals surface area contributed by atoms with E-state index in [0.29, 0.717) is 6.54 Å². The molecule has 1 aromatic carbocycles. The molecule has 22 heavy (non-hydrogen) atoms. The molecule has 2 aromatic rings. The third-order valence-corrected chi connectivity index (χ3v) is 4.45. The van der Waals surface area contributed by atoms with Crippen molar-refractivity contribution >= 4 is 5.69 Å². The van der Waals surface area contributed by atoms with Crippen LogP contribution in [0, 0.1) is 0 Å². The lowest BCUT2D eigenvalue weighted by molar-refractivity contribution is -0.0895. The number of H-pyrrole nitrogens is 1. The topological polar surface area (TPSA) is 59.2 Å². The number of ether oxygens (including phenoxy) is 2. The second-order valence-electron chi connectivity index (χ2n) is 6.65. The highest BCUT2D eigenvalue weighted by molar-refractivity contribution is 5.46. The van der Waals surface area contributed by atoms with Crippen LogP contribution in [0.1, 0.15) is 45.2 Å².